The van der Waals surface area contributed by atoms with E-state index in [1.165, 1.54) is 25.3 Å². The van der Waals surface area contributed by atoms with Crippen LogP contribution < -0.4 is 5.32 Å². The fourth-order valence-corrected chi connectivity index (χ4v) is 3.54. The monoisotopic (exact) mass is 416 g/mol. The van der Waals surface area contributed by atoms with Crippen LogP contribution in [-0.2, 0) is 24.3 Å². The summed E-state index contributed by atoms with van der Waals surface area (Å²) in [5, 5.41) is 2.66. The van der Waals surface area contributed by atoms with Crippen molar-refractivity contribution in [2.75, 3.05) is 25.5 Å². The molecular weight excluding hydrogens is 392 g/mol. The zero-order valence-electron chi connectivity index (χ0n) is 16.6. The smallest absolute Gasteiger partial charge is 0.330 e. The lowest BCUT2D eigenvalue weighted by Gasteiger charge is -2.17. The third-order valence-corrected chi connectivity index (χ3v) is 5.81. The molecule has 0 atom stereocenters. The van der Waals surface area contributed by atoms with E-state index in [9.17, 15) is 18.0 Å². The van der Waals surface area contributed by atoms with E-state index >= 15 is 0 Å². The van der Waals surface area contributed by atoms with Gasteiger partial charge in [0.1, 0.15) is 0 Å². The zero-order chi connectivity index (χ0) is 21.4. The van der Waals surface area contributed by atoms with Crippen molar-refractivity contribution in [3.63, 3.8) is 0 Å². The summed E-state index contributed by atoms with van der Waals surface area (Å²) >= 11 is 0. The van der Waals surface area contributed by atoms with Crippen LogP contribution in [0, 0.1) is 6.92 Å². The Bertz CT molecular complexity index is 981. The number of hydrogen-bond donors (Lipinski definition) is 1. The van der Waals surface area contributed by atoms with E-state index in [2.05, 4.69) is 5.32 Å². The lowest BCUT2D eigenvalue weighted by atomic mass is 10.2. The molecule has 0 aromatic heterocycles. The summed E-state index contributed by atoms with van der Waals surface area (Å²) in [6.45, 7) is 3.58. The number of benzene rings is 2. The molecule has 1 amide bonds. The third kappa shape index (κ3) is 6.55. The Balaban J connectivity index is 1.96. The normalized spacial score (nSPS) is 11.6. The van der Waals surface area contributed by atoms with E-state index in [1.807, 2.05) is 6.92 Å². The minimum Gasteiger partial charge on any atom is -0.463 e. The molecule has 2 aromatic rings. The van der Waals surface area contributed by atoms with E-state index in [1.54, 1.807) is 49.4 Å². The number of esters is 1. The second-order valence-electron chi connectivity index (χ2n) is 6.33. The number of ether oxygens (including phenoxy) is 1. The molecule has 0 heterocycles. The molecule has 0 aliphatic carbocycles. The Morgan fingerprint density at radius 3 is 2.28 bits per heavy atom. The molecule has 0 bridgehead atoms. The van der Waals surface area contributed by atoms with Crippen LogP contribution in [0.15, 0.2) is 59.5 Å². The highest BCUT2D eigenvalue weighted by Gasteiger charge is 2.22. The maximum Gasteiger partial charge on any atom is 0.330 e. The minimum absolute atomic E-state index is 0.135. The van der Waals surface area contributed by atoms with Gasteiger partial charge in [0.25, 0.3) is 0 Å². The molecule has 1 N–H and O–H groups in total. The quantitative estimate of drug-likeness (QED) is 0.528. The number of amides is 1. The van der Waals surface area contributed by atoms with Gasteiger partial charge in [0.2, 0.25) is 15.9 Å². The summed E-state index contributed by atoms with van der Waals surface area (Å²) in [6.07, 6.45) is 2.92. The van der Waals surface area contributed by atoms with Gasteiger partial charge in [-0.25, -0.2) is 13.2 Å². The number of sulfonamides is 1. The SMILES string of the molecule is CCOC(=O)/C=C/c1ccc(NC(=O)CN(C)S(=O)(=O)c2ccc(C)cc2)cc1. The van der Waals surface area contributed by atoms with Gasteiger partial charge in [0, 0.05) is 18.8 Å². The summed E-state index contributed by atoms with van der Waals surface area (Å²) in [5.41, 5.74) is 2.23. The van der Waals surface area contributed by atoms with Gasteiger partial charge in [-0.1, -0.05) is 29.8 Å². The molecule has 8 heteroatoms. The molecular formula is C21H24N2O5S. The topological polar surface area (TPSA) is 92.8 Å². The molecule has 0 aliphatic rings. The van der Waals surface area contributed by atoms with E-state index in [0.717, 1.165) is 15.4 Å². The number of nitrogens with one attached hydrogen (secondary N) is 1. The molecule has 2 aromatic carbocycles. The maximum atomic E-state index is 12.6. The first-order chi connectivity index (χ1) is 13.7. The maximum absolute atomic E-state index is 12.6. The fraction of sp³-hybridized carbons (Fsp3) is 0.238. The number of likely N-dealkylation sites (N-methyl/N-ethyl adjacent to an activating group) is 1. The molecule has 29 heavy (non-hydrogen) atoms. The largest absolute Gasteiger partial charge is 0.463 e. The molecule has 0 spiro atoms. The second-order valence-corrected chi connectivity index (χ2v) is 8.37. The Morgan fingerprint density at radius 1 is 1.07 bits per heavy atom. The summed E-state index contributed by atoms with van der Waals surface area (Å²) in [7, 11) is -2.39. The molecule has 2 rings (SSSR count). The number of rotatable bonds is 8. The molecule has 0 fully saturated rings. The van der Waals surface area contributed by atoms with Gasteiger partial charge in [-0.2, -0.15) is 4.31 Å². The van der Waals surface area contributed by atoms with E-state index in [4.69, 9.17) is 4.74 Å². The van der Waals surface area contributed by atoms with Gasteiger partial charge in [0.15, 0.2) is 0 Å². The molecule has 0 saturated heterocycles. The lowest BCUT2D eigenvalue weighted by molar-refractivity contribution is -0.137. The van der Waals surface area contributed by atoms with Crippen molar-refractivity contribution in [3.8, 4) is 0 Å². The average Bonchev–Trinajstić information content (AvgIpc) is 2.68. The summed E-state index contributed by atoms with van der Waals surface area (Å²) in [5.74, 6) is -0.888. The third-order valence-electron chi connectivity index (χ3n) is 3.99. The van der Waals surface area contributed by atoms with E-state index in [0.29, 0.717) is 12.3 Å². The lowest BCUT2D eigenvalue weighted by Crippen LogP contribution is -2.34. The van der Waals surface area contributed by atoms with Crippen molar-refractivity contribution in [2.45, 2.75) is 18.7 Å². The van der Waals surface area contributed by atoms with E-state index in [-0.39, 0.29) is 11.4 Å². The number of aryl methyl sites for hydroxylation is 1. The molecule has 0 radical (unpaired) electrons. The molecule has 7 nitrogen and oxygen atoms in total. The van der Waals surface area contributed by atoms with Gasteiger partial charge in [-0.05, 0) is 49.8 Å². The van der Waals surface area contributed by atoms with Crippen molar-refractivity contribution in [1.29, 1.82) is 0 Å². The first-order valence-corrected chi connectivity index (χ1v) is 10.4. The van der Waals surface area contributed by atoms with Gasteiger partial charge >= 0.3 is 5.97 Å². The fourth-order valence-electron chi connectivity index (χ4n) is 2.41. The van der Waals surface area contributed by atoms with Crippen molar-refractivity contribution >= 4 is 33.7 Å². The predicted octanol–water partition coefficient (Wildman–Crippen LogP) is 2.83. The standard InChI is InChI=1S/C21H24N2O5S/c1-4-28-21(25)14-9-17-7-10-18(11-8-17)22-20(24)15-23(3)29(26,27)19-12-5-16(2)6-13-19/h5-14H,4,15H2,1-3H3,(H,22,24)/b14-9+. The van der Waals surface area contributed by atoms with Gasteiger partial charge in [-0.3, -0.25) is 4.79 Å². The van der Waals surface area contributed by atoms with Crippen LogP contribution in [0.1, 0.15) is 18.1 Å². The van der Waals surface area contributed by atoms with Crippen LogP contribution in [0.2, 0.25) is 0 Å². The van der Waals surface area contributed by atoms with Crippen LogP contribution in [-0.4, -0.2) is 44.8 Å². The number of hydrogen-bond acceptors (Lipinski definition) is 5. The first kappa shape index (κ1) is 22.3. The molecule has 154 valence electrons. The average molecular weight is 416 g/mol. The van der Waals surface area contributed by atoms with Crippen LogP contribution in [0.3, 0.4) is 0 Å². The molecule has 0 aliphatic heterocycles. The van der Waals surface area contributed by atoms with Crippen LogP contribution >= 0.6 is 0 Å². The van der Waals surface area contributed by atoms with Crippen molar-refractivity contribution in [1.82, 2.24) is 4.31 Å². The van der Waals surface area contributed by atoms with Crippen LogP contribution in [0.4, 0.5) is 5.69 Å². The number of carbonyl (C=O) groups is 2. The van der Waals surface area contributed by atoms with Crippen LogP contribution in [0.25, 0.3) is 6.08 Å². The van der Waals surface area contributed by atoms with Crippen molar-refractivity contribution < 1.29 is 22.7 Å². The predicted molar refractivity (Wildman–Crippen MR) is 112 cm³/mol. The summed E-state index contributed by atoms with van der Waals surface area (Å²) in [4.78, 5) is 23.7. The Kier molecular flexibility index (Phi) is 7.69. The summed E-state index contributed by atoms with van der Waals surface area (Å²) in [6, 6.07) is 13.2. The Hall–Kier alpha value is -2.97. The molecule has 0 saturated carbocycles. The zero-order valence-corrected chi connectivity index (χ0v) is 17.4. The van der Waals surface area contributed by atoms with Crippen molar-refractivity contribution in [2.24, 2.45) is 0 Å². The molecule has 0 unspecified atom stereocenters. The van der Waals surface area contributed by atoms with Crippen LogP contribution in [0.5, 0.6) is 0 Å². The van der Waals surface area contributed by atoms with E-state index < -0.39 is 21.9 Å². The van der Waals surface area contributed by atoms with Gasteiger partial charge in [-0.15, -0.1) is 0 Å². The van der Waals surface area contributed by atoms with Gasteiger partial charge in [0.05, 0.1) is 18.0 Å². The summed E-state index contributed by atoms with van der Waals surface area (Å²) < 4.78 is 30.9. The minimum atomic E-state index is -3.75. The Labute approximate surface area is 171 Å². The highest BCUT2D eigenvalue weighted by Crippen LogP contribution is 2.15. The first-order valence-electron chi connectivity index (χ1n) is 9.00. The Morgan fingerprint density at radius 2 is 1.69 bits per heavy atom. The highest BCUT2D eigenvalue weighted by molar-refractivity contribution is 7.89. The second kappa shape index (κ2) is 9.99. The van der Waals surface area contributed by atoms with Gasteiger partial charge < -0.3 is 10.1 Å². The number of anilines is 1. The van der Waals surface area contributed by atoms with Crippen molar-refractivity contribution in [3.05, 3.63) is 65.7 Å². The number of nitrogens with zero attached hydrogens (tertiary/aromatic N) is 1. The highest BCUT2D eigenvalue weighted by atomic mass is 32.2. The number of carbonyl (C=O) groups excluding carboxylic acids is 2.